The second kappa shape index (κ2) is 8.94. The van der Waals surface area contributed by atoms with Gasteiger partial charge in [-0.1, -0.05) is 23.2 Å². The number of thiophene rings is 1. The highest BCUT2D eigenvalue weighted by molar-refractivity contribution is 7.16. The van der Waals surface area contributed by atoms with E-state index in [1.807, 2.05) is 6.92 Å². The summed E-state index contributed by atoms with van der Waals surface area (Å²) in [5.41, 5.74) is -0.0953. The first kappa shape index (κ1) is 21.7. The standard InChI is InChI=1S/C20H19Cl2N5O3S/c1-12-9-25(16(28)10-26-11-24-18-14(19(26)29)3-6-31-18)4-2-5-27(12)20(30)17-15(22)7-13(21)8-23-17/h3,6-8,11-12H,2,4-5,9-10H2,1H3. The molecular formula is C20H19Cl2N5O3S. The van der Waals surface area contributed by atoms with Gasteiger partial charge in [0.1, 0.15) is 17.1 Å². The third kappa shape index (κ3) is 4.44. The predicted molar refractivity (Wildman–Crippen MR) is 120 cm³/mol. The van der Waals surface area contributed by atoms with Crippen LogP contribution in [0.3, 0.4) is 0 Å². The van der Waals surface area contributed by atoms with Crippen molar-refractivity contribution in [2.24, 2.45) is 0 Å². The Morgan fingerprint density at radius 3 is 2.84 bits per heavy atom. The van der Waals surface area contributed by atoms with Gasteiger partial charge in [-0.25, -0.2) is 9.97 Å². The van der Waals surface area contributed by atoms with Crippen molar-refractivity contribution < 1.29 is 9.59 Å². The number of halogens is 2. The number of pyridine rings is 1. The lowest BCUT2D eigenvalue weighted by atomic mass is 10.2. The van der Waals surface area contributed by atoms with Crippen LogP contribution in [-0.4, -0.2) is 61.8 Å². The van der Waals surface area contributed by atoms with Gasteiger partial charge in [-0.15, -0.1) is 11.3 Å². The number of hydrogen-bond acceptors (Lipinski definition) is 6. The first-order valence-corrected chi connectivity index (χ1v) is 11.3. The minimum Gasteiger partial charge on any atom is -0.339 e. The summed E-state index contributed by atoms with van der Waals surface area (Å²) in [5, 5.41) is 2.86. The topological polar surface area (TPSA) is 88.4 Å². The zero-order valence-electron chi connectivity index (χ0n) is 16.6. The van der Waals surface area contributed by atoms with Gasteiger partial charge in [0.25, 0.3) is 11.5 Å². The maximum absolute atomic E-state index is 13.0. The molecule has 0 spiro atoms. The number of hydrogen-bond donors (Lipinski definition) is 0. The van der Waals surface area contributed by atoms with Crippen LogP contribution in [0.1, 0.15) is 23.8 Å². The van der Waals surface area contributed by atoms with Crippen LogP contribution in [-0.2, 0) is 11.3 Å². The fourth-order valence-corrected chi connectivity index (χ4v) is 4.83. The highest BCUT2D eigenvalue weighted by atomic mass is 35.5. The molecule has 162 valence electrons. The van der Waals surface area contributed by atoms with Crippen LogP contribution in [0.4, 0.5) is 0 Å². The quantitative estimate of drug-likeness (QED) is 0.575. The summed E-state index contributed by atoms with van der Waals surface area (Å²) in [7, 11) is 0. The number of carbonyl (C=O) groups is 2. The van der Waals surface area contributed by atoms with E-state index < -0.39 is 0 Å². The zero-order chi connectivity index (χ0) is 22.1. The Kier molecular flexibility index (Phi) is 6.27. The normalized spacial score (nSPS) is 17.1. The van der Waals surface area contributed by atoms with Gasteiger partial charge in [0.05, 0.1) is 21.8 Å². The van der Waals surface area contributed by atoms with Gasteiger partial charge in [0.15, 0.2) is 0 Å². The van der Waals surface area contributed by atoms with Crippen molar-refractivity contribution in [3.63, 3.8) is 0 Å². The fourth-order valence-electron chi connectivity index (χ4n) is 3.65. The van der Waals surface area contributed by atoms with Crippen molar-refractivity contribution in [3.05, 3.63) is 56.1 Å². The summed E-state index contributed by atoms with van der Waals surface area (Å²) in [6.07, 6.45) is 3.39. The maximum Gasteiger partial charge on any atom is 0.274 e. The summed E-state index contributed by atoms with van der Waals surface area (Å²) >= 11 is 13.4. The number of carbonyl (C=O) groups excluding carboxylic acids is 2. The fraction of sp³-hybridized carbons (Fsp3) is 0.350. The SMILES string of the molecule is CC1CN(C(=O)Cn2cnc3sccc3c2=O)CCCN1C(=O)c1ncc(Cl)cc1Cl. The number of aromatic nitrogens is 3. The molecule has 1 unspecified atom stereocenters. The van der Waals surface area contributed by atoms with E-state index in [9.17, 15) is 14.4 Å². The Morgan fingerprint density at radius 1 is 1.26 bits per heavy atom. The summed E-state index contributed by atoms with van der Waals surface area (Å²) in [6.45, 7) is 3.07. The molecule has 3 aromatic heterocycles. The predicted octanol–water partition coefficient (Wildman–Crippen LogP) is 2.92. The van der Waals surface area contributed by atoms with E-state index in [-0.39, 0.29) is 40.7 Å². The van der Waals surface area contributed by atoms with Crippen LogP contribution >= 0.6 is 34.5 Å². The van der Waals surface area contributed by atoms with Crippen LogP contribution in [0.25, 0.3) is 10.2 Å². The summed E-state index contributed by atoms with van der Waals surface area (Å²) < 4.78 is 1.33. The lowest BCUT2D eigenvalue weighted by Crippen LogP contribution is -2.45. The summed E-state index contributed by atoms with van der Waals surface area (Å²) in [4.78, 5) is 50.8. The van der Waals surface area contributed by atoms with E-state index in [1.54, 1.807) is 21.2 Å². The van der Waals surface area contributed by atoms with E-state index in [1.165, 1.54) is 34.5 Å². The molecule has 0 saturated carbocycles. The van der Waals surface area contributed by atoms with Crippen LogP contribution < -0.4 is 5.56 Å². The molecule has 0 bridgehead atoms. The van der Waals surface area contributed by atoms with E-state index in [0.29, 0.717) is 41.3 Å². The lowest BCUT2D eigenvalue weighted by Gasteiger charge is -2.29. The molecular weight excluding hydrogens is 461 g/mol. The first-order valence-electron chi connectivity index (χ1n) is 9.67. The molecule has 1 aliphatic rings. The molecule has 1 atom stereocenters. The van der Waals surface area contributed by atoms with Crippen molar-refractivity contribution in [2.75, 3.05) is 19.6 Å². The second-order valence-electron chi connectivity index (χ2n) is 7.34. The van der Waals surface area contributed by atoms with Gasteiger partial charge in [-0.05, 0) is 30.9 Å². The van der Waals surface area contributed by atoms with Gasteiger partial charge >= 0.3 is 0 Å². The number of rotatable bonds is 3. The van der Waals surface area contributed by atoms with Crippen LogP contribution in [0, 0.1) is 0 Å². The lowest BCUT2D eigenvalue weighted by molar-refractivity contribution is -0.132. The van der Waals surface area contributed by atoms with Crippen molar-refractivity contribution >= 4 is 56.6 Å². The summed E-state index contributed by atoms with van der Waals surface area (Å²) in [5.74, 6) is -0.492. The largest absolute Gasteiger partial charge is 0.339 e. The molecule has 2 amide bonds. The minimum absolute atomic E-state index is 0.0944. The molecule has 8 nitrogen and oxygen atoms in total. The monoisotopic (exact) mass is 479 g/mol. The van der Waals surface area contributed by atoms with Crippen LogP contribution in [0.5, 0.6) is 0 Å². The third-order valence-corrected chi connectivity index (χ3v) is 6.54. The first-order chi connectivity index (χ1) is 14.8. The molecule has 11 heteroatoms. The van der Waals surface area contributed by atoms with E-state index in [4.69, 9.17) is 23.2 Å². The Labute approximate surface area is 192 Å². The zero-order valence-corrected chi connectivity index (χ0v) is 19.0. The minimum atomic E-state index is -0.299. The van der Waals surface area contributed by atoms with Crippen molar-refractivity contribution in [1.82, 2.24) is 24.3 Å². The van der Waals surface area contributed by atoms with E-state index in [0.717, 1.165) is 0 Å². The molecule has 0 N–H and O–H groups in total. The molecule has 0 aromatic carbocycles. The van der Waals surface area contributed by atoms with Crippen molar-refractivity contribution in [3.8, 4) is 0 Å². The molecule has 0 aliphatic carbocycles. The Hall–Kier alpha value is -2.49. The molecule has 0 radical (unpaired) electrons. The number of amides is 2. The Morgan fingerprint density at radius 2 is 2.06 bits per heavy atom. The van der Waals surface area contributed by atoms with E-state index >= 15 is 0 Å². The third-order valence-electron chi connectivity index (χ3n) is 5.22. The second-order valence-corrected chi connectivity index (χ2v) is 9.08. The molecule has 1 saturated heterocycles. The van der Waals surface area contributed by atoms with E-state index in [2.05, 4.69) is 9.97 Å². The molecule has 3 aromatic rings. The molecule has 1 aliphatic heterocycles. The Bertz CT molecular complexity index is 1210. The van der Waals surface area contributed by atoms with Crippen molar-refractivity contribution in [2.45, 2.75) is 25.9 Å². The highest BCUT2D eigenvalue weighted by Gasteiger charge is 2.30. The number of nitrogens with zero attached hydrogens (tertiary/aromatic N) is 5. The summed E-state index contributed by atoms with van der Waals surface area (Å²) in [6, 6.07) is 2.95. The van der Waals surface area contributed by atoms with Gasteiger partial charge < -0.3 is 9.80 Å². The van der Waals surface area contributed by atoms with Gasteiger partial charge in [0.2, 0.25) is 5.91 Å². The molecule has 4 rings (SSSR count). The van der Waals surface area contributed by atoms with Gasteiger partial charge in [-0.2, -0.15) is 0 Å². The van der Waals surface area contributed by atoms with Gasteiger partial charge in [-0.3, -0.25) is 19.0 Å². The van der Waals surface area contributed by atoms with Crippen molar-refractivity contribution in [1.29, 1.82) is 0 Å². The number of fused-ring (bicyclic) bond motifs is 1. The average Bonchev–Trinajstić information content (AvgIpc) is 3.12. The van der Waals surface area contributed by atoms with Crippen LogP contribution in [0.15, 0.2) is 34.8 Å². The maximum atomic E-state index is 13.0. The van der Waals surface area contributed by atoms with Gasteiger partial charge in [0, 0.05) is 31.9 Å². The Balaban J connectivity index is 1.48. The average molecular weight is 480 g/mol. The highest BCUT2D eigenvalue weighted by Crippen LogP contribution is 2.22. The molecule has 4 heterocycles. The smallest absolute Gasteiger partial charge is 0.274 e. The molecule has 31 heavy (non-hydrogen) atoms. The molecule has 1 fully saturated rings. The van der Waals surface area contributed by atoms with Crippen LogP contribution in [0.2, 0.25) is 10.0 Å².